The summed E-state index contributed by atoms with van der Waals surface area (Å²) in [5.41, 5.74) is 0. The lowest BCUT2D eigenvalue weighted by atomic mass is 10.4. The quantitative estimate of drug-likeness (QED) is 0.540. The molecule has 0 aromatic heterocycles. The van der Waals surface area contributed by atoms with Gasteiger partial charge in [-0.05, 0) is 19.5 Å². The first-order valence-corrected chi connectivity index (χ1v) is 3.14. The van der Waals surface area contributed by atoms with Crippen LogP contribution in [0.25, 0.3) is 0 Å². The predicted molar refractivity (Wildman–Crippen MR) is 37.7 cm³/mol. The molecule has 0 saturated carbocycles. The molecule has 0 saturated heterocycles. The van der Waals surface area contributed by atoms with Crippen molar-refractivity contribution in [3.8, 4) is 0 Å². The van der Waals surface area contributed by atoms with Gasteiger partial charge in [-0.15, -0.1) is 0 Å². The summed E-state index contributed by atoms with van der Waals surface area (Å²) in [5, 5.41) is 0. The third kappa shape index (κ3) is 3.72. The van der Waals surface area contributed by atoms with Gasteiger partial charge in [0.1, 0.15) is 0 Å². The molecule has 0 unspecified atom stereocenters. The van der Waals surface area contributed by atoms with Crippen molar-refractivity contribution in [3.63, 3.8) is 0 Å². The molecule has 0 heterocycles. The zero-order valence-corrected chi connectivity index (χ0v) is 6.02. The van der Waals surface area contributed by atoms with E-state index in [0.717, 1.165) is 6.54 Å². The Bertz CT molecular complexity index is 66.8. The van der Waals surface area contributed by atoms with Gasteiger partial charge in [-0.25, -0.2) is 0 Å². The van der Waals surface area contributed by atoms with Gasteiger partial charge in [0.25, 0.3) is 0 Å². The van der Waals surface area contributed by atoms with Crippen LogP contribution in [0.4, 0.5) is 0 Å². The summed E-state index contributed by atoms with van der Waals surface area (Å²) in [6.07, 6.45) is 5.36. The molecule has 0 amide bonds. The highest BCUT2D eigenvalue weighted by atomic mass is 15.1. The van der Waals surface area contributed by atoms with Gasteiger partial charge in [0.2, 0.25) is 0 Å². The Morgan fingerprint density at radius 2 is 2.12 bits per heavy atom. The molecule has 0 aliphatic heterocycles. The minimum Gasteiger partial charge on any atom is -0.381 e. The van der Waals surface area contributed by atoms with E-state index in [4.69, 9.17) is 0 Å². The fourth-order valence-corrected chi connectivity index (χ4v) is 0.682. The number of hydrogen-bond acceptors (Lipinski definition) is 1. The monoisotopic (exact) mass is 113 g/mol. The maximum atomic E-state index is 2.18. The number of allylic oxidation sites excluding steroid dienone is 1. The number of hydrogen-bond donors (Lipinski definition) is 0. The highest BCUT2D eigenvalue weighted by Gasteiger charge is 1.82. The normalized spacial score (nSPS) is 10.4. The van der Waals surface area contributed by atoms with Crippen molar-refractivity contribution in [1.82, 2.24) is 4.90 Å². The first kappa shape index (κ1) is 7.54. The average Bonchev–Trinajstić information content (AvgIpc) is 1.68. The second-order valence-corrected chi connectivity index (χ2v) is 1.96. The van der Waals surface area contributed by atoms with Crippen LogP contribution >= 0.6 is 0 Å². The number of nitrogens with zero attached hydrogens (tertiary/aromatic N) is 1. The maximum absolute atomic E-state index is 2.18. The van der Waals surface area contributed by atoms with Crippen molar-refractivity contribution in [1.29, 1.82) is 0 Å². The first-order chi connectivity index (χ1) is 3.81. The van der Waals surface area contributed by atoms with Gasteiger partial charge >= 0.3 is 0 Å². The Balaban J connectivity index is 3.17. The van der Waals surface area contributed by atoms with Crippen LogP contribution in [-0.4, -0.2) is 18.5 Å². The second kappa shape index (κ2) is 4.69. The van der Waals surface area contributed by atoms with E-state index in [9.17, 15) is 0 Å². The SMILES string of the molecule is C/C=C/N(C)CCC. The Labute approximate surface area is 52.0 Å². The largest absolute Gasteiger partial charge is 0.381 e. The van der Waals surface area contributed by atoms with E-state index in [2.05, 4.69) is 31.1 Å². The van der Waals surface area contributed by atoms with Crippen LogP contribution in [0.1, 0.15) is 20.3 Å². The molecule has 0 rings (SSSR count). The van der Waals surface area contributed by atoms with Crippen molar-refractivity contribution in [2.75, 3.05) is 13.6 Å². The van der Waals surface area contributed by atoms with Crippen LogP contribution in [0, 0.1) is 0 Å². The van der Waals surface area contributed by atoms with Gasteiger partial charge in [-0.3, -0.25) is 0 Å². The molecule has 0 atom stereocenters. The van der Waals surface area contributed by atoms with E-state index >= 15 is 0 Å². The lowest BCUT2D eigenvalue weighted by molar-refractivity contribution is 0.454. The fraction of sp³-hybridized carbons (Fsp3) is 0.714. The zero-order chi connectivity index (χ0) is 6.41. The molecule has 1 heteroatoms. The van der Waals surface area contributed by atoms with Crippen LogP contribution in [0.2, 0.25) is 0 Å². The van der Waals surface area contributed by atoms with Crippen molar-refractivity contribution < 1.29 is 0 Å². The highest BCUT2D eigenvalue weighted by Crippen LogP contribution is 1.85. The fourth-order valence-electron chi connectivity index (χ4n) is 0.682. The molecule has 0 bridgehead atoms. The molecule has 0 aliphatic carbocycles. The summed E-state index contributed by atoms with van der Waals surface area (Å²) in [6.45, 7) is 5.37. The van der Waals surface area contributed by atoms with E-state index in [1.807, 2.05) is 6.92 Å². The Hall–Kier alpha value is -0.460. The zero-order valence-electron chi connectivity index (χ0n) is 6.02. The van der Waals surface area contributed by atoms with Gasteiger partial charge in [0.15, 0.2) is 0 Å². The summed E-state index contributed by atoms with van der Waals surface area (Å²) in [5.74, 6) is 0. The van der Waals surface area contributed by atoms with Crippen LogP contribution in [0.5, 0.6) is 0 Å². The molecule has 0 radical (unpaired) electrons. The molecular formula is C7H15N. The standard InChI is InChI=1S/C7H15N/c1-4-6-8(3)7-5-2/h4,6H,5,7H2,1-3H3/b6-4+. The maximum Gasteiger partial charge on any atom is 0.0166 e. The third-order valence-electron chi connectivity index (χ3n) is 0.980. The highest BCUT2D eigenvalue weighted by molar-refractivity contribution is 4.74. The molecule has 0 spiro atoms. The third-order valence-corrected chi connectivity index (χ3v) is 0.980. The molecule has 0 aliphatic rings. The van der Waals surface area contributed by atoms with Gasteiger partial charge in [-0.2, -0.15) is 0 Å². The van der Waals surface area contributed by atoms with Crippen LogP contribution in [0.3, 0.4) is 0 Å². The Morgan fingerprint density at radius 3 is 2.50 bits per heavy atom. The van der Waals surface area contributed by atoms with Gasteiger partial charge in [0.05, 0.1) is 0 Å². The van der Waals surface area contributed by atoms with Crippen LogP contribution < -0.4 is 0 Å². The number of rotatable bonds is 3. The Kier molecular flexibility index (Phi) is 4.42. The lowest BCUT2D eigenvalue weighted by Gasteiger charge is -2.10. The van der Waals surface area contributed by atoms with Gasteiger partial charge in [-0.1, -0.05) is 13.0 Å². The van der Waals surface area contributed by atoms with Crippen molar-refractivity contribution in [2.45, 2.75) is 20.3 Å². The minimum absolute atomic E-state index is 1.16. The topological polar surface area (TPSA) is 3.24 Å². The van der Waals surface area contributed by atoms with E-state index in [1.54, 1.807) is 0 Å². The first-order valence-electron chi connectivity index (χ1n) is 3.14. The van der Waals surface area contributed by atoms with E-state index in [-0.39, 0.29) is 0 Å². The summed E-state index contributed by atoms with van der Waals surface area (Å²) in [6, 6.07) is 0. The van der Waals surface area contributed by atoms with Crippen molar-refractivity contribution in [2.24, 2.45) is 0 Å². The Morgan fingerprint density at radius 1 is 1.50 bits per heavy atom. The van der Waals surface area contributed by atoms with E-state index in [0.29, 0.717) is 0 Å². The summed E-state index contributed by atoms with van der Waals surface area (Å²) in [4.78, 5) is 2.18. The summed E-state index contributed by atoms with van der Waals surface area (Å²) < 4.78 is 0. The predicted octanol–water partition coefficient (Wildman–Crippen LogP) is 1.86. The summed E-state index contributed by atoms with van der Waals surface area (Å²) >= 11 is 0. The molecule has 0 N–H and O–H groups in total. The van der Waals surface area contributed by atoms with E-state index in [1.165, 1.54) is 6.42 Å². The average molecular weight is 113 g/mol. The van der Waals surface area contributed by atoms with Crippen molar-refractivity contribution >= 4 is 0 Å². The molecule has 0 fully saturated rings. The molecule has 0 aromatic carbocycles. The molecule has 1 nitrogen and oxygen atoms in total. The van der Waals surface area contributed by atoms with Gasteiger partial charge in [0, 0.05) is 13.6 Å². The van der Waals surface area contributed by atoms with Crippen molar-refractivity contribution in [3.05, 3.63) is 12.3 Å². The van der Waals surface area contributed by atoms with E-state index < -0.39 is 0 Å². The van der Waals surface area contributed by atoms with Gasteiger partial charge < -0.3 is 4.90 Å². The molecular weight excluding hydrogens is 98.1 g/mol. The minimum atomic E-state index is 1.16. The smallest absolute Gasteiger partial charge is 0.0166 e. The molecule has 0 aromatic rings. The van der Waals surface area contributed by atoms with Crippen LogP contribution in [-0.2, 0) is 0 Å². The summed E-state index contributed by atoms with van der Waals surface area (Å²) in [7, 11) is 2.09. The molecule has 48 valence electrons. The van der Waals surface area contributed by atoms with Crippen LogP contribution in [0.15, 0.2) is 12.3 Å². The lowest BCUT2D eigenvalue weighted by Crippen LogP contribution is -2.10. The molecule has 8 heavy (non-hydrogen) atoms. The second-order valence-electron chi connectivity index (χ2n) is 1.96.